The molecule has 0 atom stereocenters. The average Bonchev–Trinajstić information content (AvgIpc) is 2.06. The van der Waals surface area contributed by atoms with Gasteiger partial charge in [-0.05, 0) is 24.6 Å². The highest BCUT2D eigenvalue weighted by Gasteiger charge is 2.34. The smallest absolute Gasteiger partial charge is 0.205 e. The van der Waals surface area contributed by atoms with E-state index in [0.717, 1.165) is 0 Å². The van der Waals surface area contributed by atoms with Gasteiger partial charge in [0.15, 0.2) is 0 Å². The summed E-state index contributed by atoms with van der Waals surface area (Å²) >= 11 is 5.28. The van der Waals surface area contributed by atoms with Crippen molar-refractivity contribution >= 4 is 11.6 Å². The van der Waals surface area contributed by atoms with Crippen LogP contribution in [0, 0.1) is 6.92 Å². The molecule has 15 heavy (non-hydrogen) atoms. The summed E-state index contributed by atoms with van der Waals surface area (Å²) in [6, 6.07) is 1.29. The normalized spacial score (nSPS) is 12.3. The summed E-state index contributed by atoms with van der Waals surface area (Å²) in [4.78, 5) is 0. The number of hydrogen-bond donors (Lipinski definition) is 0. The minimum atomic E-state index is -4.62. The molecule has 0 aliphatic carbocycles. The molecule has 6 heteroatoms. The molecule has 0 saturated heterocycles. The van der Waals surface area contributed by atoms with Crippen LogP contribution in [0.3, 0.4) is 0 Å². The maximum atomic E-state index is 12.3. The minimum Gasteiger partial charge on any atom is -0.205 e. The second-order valence-corrected chi connectivity index (χ2v) is 3.39. The molecule has 0 aliphatic heterocycles. The summed E-state index contributed by atoms with van der Waals surface area (Å²) < 4.78 is 61.5. The summed E-state index contributed by atoms with van der Waals surface area (Å²) in [6.45, 7) is 1.19. The van der Waals surface area contributed by atoms with Crippen LogP contribution in [-0.2, 0) is 6.18 Å². The second-order valence-electron chi connectivity index (χ2n) is 2.99. The highest BCUT2D eigenvalue weighted by molar-refractivity contribution is 6.31. The number of hydrogen-bond acceptors (Lipinski definition) is 0. The van der Waals surface area contributed by atoms with Gasteiger partial charge in [0.05, 0.1) is 10.6 Å². The Labute approximate surface area is 87.7 Å². The molecule has 1 aromatic rings. The first-order chi connectivity index (χ1) is 6.73. The molecule has 84 valence electrons. The lowest BCUT2D eigenvalue weighted by atomic mass is 10.1. The summed E-state index contributed by atoms with van der Waals surface area (Å²) in [6.07, 6.45) is -7.45. The Morgan fingerprint density at radius 2 is 1.73 bits per heavy atom. The quantitative estimate of drug-likeness (QED) is 0.633. The van der Waals surface area contributed by atoms with Crippen molar-refractivity contribution in [3.05, 3.63) is 33.8 Å². The third-order valence-electron chi connectivity index (χ3n) is 1.90. The third kappa shape index (κ3) is 2.59. The Morgan fingerprint density at radius 3 is 2.13 bits per heavy atom. The summed E-state index contributed by atoms with van der Waals surface area (Å²) in [5.41, 5.74) is -1.69. The van der Waals surface area contributed by atoms with Crippen LogP contribution < -0.4 is 0 Å². The van der Waals surface area contributed by atoms with Crippen molar-refractivity contribution < 1.29 is 22.0 Å². The van der Waals surface area contributed by atoms with Crippen molar-refractivity contribution in [1.29, 1.82) is 0 Å². The van der Waals surface area contributed by atoms with Gasteiger partial charge < -0.3 is 0 Å². The average molecular weight is 245 g/mol. The van der Waals surface area contributed by atoms with Crippen molar-refractivity contribution in [1.82, 2.24) is 0 Å². The molecular formula is C9H6ClF5. The van der Waals surface area contributed by atoms with Crippen molar-refractivity contribution in [2.75, 3.05) is 0 Å². The van der Waals surface area contributed by atoms with Gasteiger partial charge in [0.25, 0.3) is 6.43 Å². The molecule has 0 bridgehead atoms. The van der Waals surface area contributed by atoms with Crippen LogP contribution in [-0.4, -0.2) is 0 Å². The maximum Gasteiger partial charge on any atom is 0.417 e. The van der Waals surface area contributed by atoms with Gasteiger partial charge in [0, 0.05) is 5.56 Å². The predicted octanol–water partition coefficient (Wildman–Crippen LogP) is 4.60. The van der Waals surface area contributed by atoms with E-state index in [2.05, 4.69) is 0 Å². The Hall–Kier alpha value is -0.840. The van der Waals surface area contributed by atoms with Crippen LogP contribution in [0.4, 0.5) is 22.0 Å². The fourth-order valence-corrected chi connectivity index (χ4v) is 1.43. The molecule has 0 aromatic heterocycles. The van der Waals surface area contributed by atoms with Crippen molar-refractivity contribution in [2.45, 2.75) is 19.5 Å². The molecule has 0 radical (unpaired) electrons. The molecule has 0 unspecified atom stereocenters. The largest absolute Gasteiger partial charge is 0.417 e. The minimum absolute atomic E-state index is 0.123. The van der Waals surface area contributed by atoms with Gasteiger partial charge in [-0.25, -0.2) is 8.78 Å². The molecule has 0 nitrogen and oxygen atoms in total. The van der Waals surface area contributed by atoms with Crippen LogP contribution in [0.25, 0.3) is 0 Å². The SMILES string of the molecule is Cc1cc(C(F)(F)F)c(Cl)cc1C(F)F. The molecule has 0 amide bonds. The molecule has 1 aromatic carbocycles. The molecule has 0 N–H and O–H groups in total. The van der Waals surface area contributed by atoms with Crippen molar-refractivity contribution in [3.63, 3.8) is 0 Å². The van der Waals surface area contributed by atoms with Gasteiger partial charge in [-0.2, -0.15) is 13.2 Å². The fraction of sp³-hybridized carbons (Fsp3) is 0.333. The Bertz CT molecular complexity index is 370. The molecule has 0 saturated carbocycles. The summed E-state index contributed by atoms with van der Waals surface area (Å²) in [5.74, 6) is 0. The first-order valence-corrected chi connectivity index (χ1v) is 4.26. The summed E-state index contributed by atoms with van der Waals surface area (Å²) in [5, 5.41) is -0.705. The van der Waals surface area contributed by atoms with E-state index in [-0.39, 0.29) is 5.56 Å². The Balaban J connectivity index is 3.32. The van der Waals surface area contributed by atoms with Gasteiger partial charge in [-0.1, -0.05) is 11.6 Å². The summed E-state index contributed by atoms with van der Waals surface area (Å²) in [7, 11) is 0. The lowest BCUT2D eigenvalue weighted by Gasteiger charge is -2.12. The zero-order chi connectivity index (χ0) is 11.8. The van der Waals surface area contributed by atoms with Crippen molar-refractivity contribution in [3.8, 4) is 0 Å². The van der Waals surface area contributed by atoms with Gasteiger partial charge in [-0.15, -0.1) is 0 Å². The second kappa shape index (κ2) is 3.96. The van der Waals surface area contributed by atoms with E-state index in [4.69, 9.17) is 11.6 Å². The number of rotatable bonds is 1. The van der Waals surface area contributed by atoms with E-state index >= 15 is 0 Å². The highest BCUT2D eigenvalue weighted by atomic mass is 35.5. The molecule has 0 aliphatic rings. The maximum absolute atomic E-state index is 12.3. The molecular weight excluding hydrogens is 239 g/mol. The van der Waals surface area contributed by atoms with E-state index < -0.39 is 28.8 Å². The lowest BCUT2D eigenvalue weighted by Crippen LogP contribution is -2.07. The van der Waals surface area contributed by atoms with Gasteiger partial charge in [0.1, 0.15) is 0 Å². The predicted molar refractivity (Wildman–Crippen MR) is 46.1 cm³/mol. The van der Waals surface area contributed by atoms with Crippen LogP contribution >= 0.6 is 11.6 Å². The molecule has 0 spiro atoms. The zero-order valence-corrected chi connectivity index (χ0v) is 8.26. The number of benzene rings is 1. The van der Waals surface area contributed by atoms with E-state index in [1.165, 1.54) is 6.92 Å². The monoisotopic (exact) mass is 244 g/mol. The zero-order valence-electron chi connectivity index (χ0n) is 7.50. The van der Waals surface area contributed by atoms with E-state index in [1.807, 2.05) is 0 Å². The Morgan fingerprint density at radius 1 is 1.20 bits per heavy atom. The first-order valence-electron chi connectivity index (χ1n) is 3.89. The molecule has 1 rings (SSSR count). The van der Waals surface area contributed by atoms with E-state index in [1.54, 1.807) is 0 Å². The van der Waals surface area contributed by atoms with Gasteiger partial charge in [-0.3, -0.25) is 0 Å². The van der Waals surface area contributed by atoms with E-state index in [9.17, 15) is 22.0 Å². The molecule has 0 heterocycles. The Kier molecular flexibility index (Phi) is 3.23. The fourth-order valence-electron chi connectivity index (χ4n) is 1.15. The molecule has 0 fully saturated rings. The van der Waals surface area contributed by atoms with Gasteiger partial charge >= 0.3 is 6.18 Å². The van der Waals surface area contributed by atoms with Gasteiger partial charge in [0.2, 0.25) is 0 Å². The third-order valence-corrected chi connectivity index (χ3v) is 2.21. The number of aryl methyl sites for hydroxylation is 1. The topological polar surface area (TPSA) is 0 Å². The van der Waals surface area contributed by atoms with Crippen LogP contribution in [0.2, 0.25) is 5.02 Å². The van der Waals surface area contributed by atoms with E-state index in [0.29, 0.717) is 12.1 Å². The number of alkyl halides is 5. The first kappa shape index (κ1) is 12.2. The van der Waals surface area contributed by atoms with Crippen molar-refractivity contribution in [2.24, 2.45) is 0 Å². The van der Waals surface area contributed by atoms with Crippen LogP contribution in [0.1, 0.15) is 23.1 Å². The number of halogens is 6. The standard InChI is InChI=1S/C9H6ClF5/c1-4-2-6(9(13,14)15)7(10)3-5(4)8(11)12/h2-3,8H,1H3. The van der Waals surface area contributed by atoms with Crippen LogP contribution in [0.5, 0.6) is 0 Å². The lowest BCUT2D eigenvalue weighted by molar-refractivity contribution is -0.137. The van der Waals surface area contributed by atoms with Crippen LogP contribution in [0.15, 0.2) is 12.1 Å². The highest BCUT2D eigenvalue weighted by Crippen LogP contribution is 2.37.